The summed E-state index contributed by atoms with van der Waals surface area (Å²) in [6.07, 6.45) is -0.815. The molecule has 0 unspecified atom stereocenters. The number of aromatic nitrogens is 2. The van der Waals surface area contributed by atoms with Gasteiger partial charge in [-0.25, -0.2) is 9.42 Å². The van der Waals surface area contributed by atoms with Gasteiger partial charge in [0.05, 0.1) is 10.7 Å². The highest BCUT2D eigenvalue weighted by Gasteiger charge is 2.08. The molecule has 0 spiro atoms. The highest BCUT2D eigenvalue weighted by molar-refractivity contribution is 6.33. The van der Waals surface area contributed by atoms with E-state index >= 15 is 0 Å². The van der Waals surface area contributed by atoms with Crippen LogP contribution in [0.15, 0.2) is 52.2 Å². The number of nitrogens with two attached hydrogens (primary N) is 1. The summed E-state index contributed by atoms with van der Waals surface area (Å²) in [5.74, 6) is 0.00390. The Hall–Kier alpha value is -3.13. The van der Waals surface area contributed by atoms with Gasteiger partial charge in [-0.2, -0.15) is 0 Å². The van der Waals surface area contributed by atoms with Crippen LogP contribution in [0, 0.1) is 0 Å². The topological polar surface area (TPSA) is 116 Å². The Morgan fingerprint density at radius 1 is 1.22 bits per heavy atom. The van der Waals surface area contributed by atoms with Gasteiger partial charge in [0.1, 0.15) is 11.0 Å². The van der Waals surface area contributed by atoms with Crippen LogP contribution in [-0.2, 0) is 4.84 Å². The summed E-state index contributed by atoms with van der Waals surface area (Å²) in [4.78, 5) is 16.4. The summed E-state index contributed by atoms with van der Waals surface area (Å²) in [5.41, 5.74) is 7.78. The molecule has 0 aliphatic rings. The molecule has 0 atom stereocenters. The van der Waals surface area contributed by atoms with Crippen molar-refractivity contribution in [1.29, 1.82) is 0 Å². The van der Waals surface area contributed by atoms with Crippen LogP contribution < -0.4 is 11.1 Å². The summed E-state index contributed by atoms with van der Waals surface area (Å²) in [7, 11) is 0. The fourth-order valence-electron chi connectivity index (χ4n) is 1.78. The van der Waals surface area contributed by atoms with Crippen molar-refractivity contribution in [1.82, 2.24) is 10.3 Å². The second kappa shape index (κ2) is 6.32. The molecule has 116 valence electrons. The Bertz CT molecular complexity index is 893. The van der Waals surface area contributed by atoms with E-state index in [2.05, 4.69) is 25.4 Å². The van der Waals surface area contributed by atoms with Gasteiger partial charge in [0, 0.05) is 5.56 Å². The number of nitrogens with zero attached hydrogens (tertiary/aromatic N) is 3. The molecule has 0 saturated heterocycles. The first-order chi connectivity index (χ1) is 11.1. The number of amides is 1. The number of halogens is 1. The van der Waals surface area contributed by atoms with Crippen LogP contribution in [0.2, 0.25) is 5.02 Å². The van der Waals surface area contributed by atoms with Gasteiger partial charge in [-0.3, -0.25) is 10.2 Å². The van der Waals surface area contributed by atoms with Gasteiger partial charge in [-0.15, -0.1) is 0 Å². The van der Waals surface area contributed by atoms with Gasteiger partial charge < -0.3 is 5.73 Å². The number of rotatable bonds is 3. The second-order valence-corrected chi connectivity index (χ2v) is 4.84. The van der Waals surface area contributed by atoms with E-state index in [1.54, 1.807) is 42.5 Å². The molecule has 8 nitrogen and oxygen atoms in total. The molecular weight excluding hydrogens is 322 g/mol. The fraction of sp³-hybridized carbons (Fsp3) is 0. The summed E-state index contributed by atoms with van der Waals surface area (Å²) >= 11 is 5.92. The maximum Gasteiger partial charge on any atom is 0.437 e. The van der Waals surface area contributed by atoms with Crippen molar-refractivity contribution in [2.24, 2.45) is 10.9 Å². The van der Waals surface area contributed by atoms with E-state index in [1.165, 1.54) is 0 Å². The van der Waals surface area contributed by atoms with Crippen LogP contribution in [0.5, 0.6) is 0 Å². The first-order valence-electron chi connectivity index (χ1n) is 6.42. The zero-order valence-corrected chi connectivity index (χ0v) is 12.3. The van der Waals surface area contributed by atoms with E-state index in [0.29, 0.717) is 27.3 Å². The van der Waals surface area contributed by atoms with Crippen LogP contribution in [0.4, 0.5) is 10.5 Å². The third-order valence-electron chi connectivity index (χ3n) is 2.89. The van der Waals surface area contributed by atoms with Gasteiger partial charge in [-0.1, -0.05) is 28.9 Å². The molecule has 0 aliphatic heterocycles. The second-order valence-electron chi connectivity index (χ2n) is 4.43. The molecule has 23 heavy (non-hydrogen) atoms. The SMILES string of the molecule is N/C(=N\OC(=O)Nc1ccccc1Cl)c1ccc2nonc2c1. The number of fused-ring (bicyclic) bond motifs is 1. The van der Waals surface area contributed by atoms with Crippen LogP contribution in [-0.4, -0.2) is 22.2 Å². The van der Waals surface area contributed by atoms with Crippen molar-refractivity contribution in [3.63, 3.8) is 0 Å². The molecule has 0 fully saturated rings. The van der Waals surface area contributed by atoms with Gasteiger partial charge in [0.2, 0.25) is 0 Å². The summed E-state index contributed by atoms with van der Waals surface area (Å²) < 4.78 is 4.59. The van der Waals surface area contributed by atoms with E-state index in [1.807, 2.05) is 0 Å². The monoisotopic (exact) mass is 331 g/mol. The van der Waals surface area contributed by atoms with Gasteiger partial charge in [0.15, 0.2) is 5.84 Å². The molecule has 0 bridgehead atoms. The minimum absolute atomic E-state index is 0.00390. The number of amidine groups is 1. The quantitative estimate of drug-likeness (QED) is 0.330. The molecule has 3 N–H and O–H groups in total. The number of carbonyl (C=O) groups excluding carboxylic acids is 1. The number of nitrogens with one attached hydrogen (secondary N) is 1. The lowest BCUT2D eigenvalue weighted by Gasteiger charge is -2.05. The molecule has 0 saturated carbocycles. The highest BCUT2D eigenvalue weighted by atomic mass is 35.5. The number of para-hydroxylation sites is 1. The predicted octanol–water partition coefficient (Wildman–Crippen LogP) is 2.75. The number of carbonyl (C=O) groups is 1. The Kier molecular flexibility index (Phi) is 4.07. The summed E-state index contributed by atoms with van der Waals surface area (Å²) in [6, 6.07) is 11.6. The number of benzene rings is 2. The smallest absolute Gasteiger partial charge is 0.380 e. The van der Waals surface area contributed by atoms with Crippen molar-refractivity contribution in [2.75, 3.05) is 5.32 Å². The first-order valence-corrected chi connectivity index (χ1v) is 6.80. The molecule has 1 heterocycles. The number of hydrogen-bond acceptors (Lipinski definition) is 6. The molecule has 2 aromatic carbocycles. The van der Waals surface area contributed by atoms with Crippen molar-refractivity contribution < 1.29 is 14.3 Å². The maximum atomic E-state index is 11.7. The van der Waals surface area contributed by atoms with Gasteiger partial charge >= 0.3 is 6.09 Å². The summed E-state index contributed by atoms with van der Waals surface area (Å²) in [5, 5.41) is 13.8. The lowest BCUT2D eigenvalue weighted by Crippen LogP contribution is -2.17. The van der Waals surface area contributed by atoms with E-state index in [9.17, 15) is 4.79 Å². The molecule has 1 aromatic heterocycles. The van der Waals surface area contributed by atoms with Crippen molar-refractivity contribution >= 4 is 40.3 Å². The van der Waals surface area contributed by atoms with E-state index in [4.69, 9.17) is 22.2 Å². The van der Waals surface area contributed by atoms with Crippen LogP contribution >= 0.6 is 11.6 Å². The van der Waals surface area contributed by atoms with Gasteiger partial charge in [0.25, 0.3) is 0 Å². The average Bonchev–Trinajstić information content (AvgIpc) is 3.02. The Morgan fingerprint density at radius 3 is 2.83 bits per heavy atom. The standard InChI is InChI=1S/C14H10ClN5O3/c15-9-3-1-2-4-10(9)17-14(21)22-20-13(16)8-5-6-11-12(7-8)19-23-18-11/h1-7H,(H2,16,20)(H,17,21). The lowest BCUT2D eigenvalue weighted by molar-refractivity contribution is 0.166. The van der Waals surface area contributed by atoms with E-state index in [0.717, 1.165) is 0 Å². The fourth-order valence-corrected chi connectivity index (χ4v) is 1.96. The zero-order valence-electron chi connectivity index (χ0n) is 11.6. The van der Waals surface area contributed by atoms with Gasteiger partial charge in [-0.05, 0) is 40.6 Å². The zero-order chi connectivity index (χ0) is 16.2. The molecule has 0 radical (unpaired) electrons. The van der Waals surface area contributed by atoms with Crippen molar-refractivity contribution in [2.45, 2.75) is 0 Å². The highest BCUT2D eigenvalue weighted by Crippen LogP contribution is 2.20. The van der Waals surface area contributed by atoms with Crippen LogP contribution in [0.3, 0.4) is 0 Å². The minimum Gasteiger partial charge on any atom is -0.380 e. The molecule has 9 heteroatoms. The van der Waals surface area contributed by atoms with Crippen molar-refractivity contribution in [3.8, 4) is 0 Å². The third-order valence-corrected chi connectivity index (χ3v) is 3.22. The number of hydrogen-bond donors (Lipinski definition) is 2. The molecular formula is C14H10ClN5O3. The number of anilines is 1. The third kappa shape index (κ3) is 3.38. The van der Waals surface area contributed by atoms with E-state index in [-0.39, 0.29) is 5.84 Å². The maximum absolute atomic E-state index is 11.7. The Balaban J connectivity index is 1.68. The van der Waals surface area contributed by atoms with E-state index < -0.39 is 6.09 Å². The normalized spacial score (nSPS) is 11.4. The Morgan fingerprint density at radius 2 is 2.00 bits per heavy atom. The van der Waals surface area contributed by atoms with Crippen molar-refractivity contribution in [3.05, 3.63) is 53.1 Å². The van der Waals surface area contributed by atoms with Crippen LogP contribution in [0.1, 0.15) is 5.56 Å². The number of oxime groups is 1. The molecule has 1 amide bonds. The minimum atomic E-state index is -0.815. The lowest BCUT2D eigenvalue weighted by atomic mass is 10.2. The molecule has 3 rings (SSSR count). The molecule has 3 aromatic rings. The average molecular weight is 332 g/mol. The first kappa shape index (κ1) is 14.8. The predicted molar refractivity (Wildman–Crippen MR) is 84.1 cm³/mol. The largest absolute Gasteiger partial charge is 0.437 e. The Labute approximate surface area is 134 Å². The van der Waals surface area contributed by atoms with Crippen LogP contribution in [0.25, 0.3) is 11.0 Å². The molecule has 0 aliphatic carbocycles. The summed E-state index contributed by atoms with van der Waals surface area (Å²) in [6.45, 7) is 0.